The summed E-state index contributed by atoms with van der Waals surface area (Å²) >= 11 is 0. The van der Waals surface area contributed by atoms with Crippen LogP contribution in [0.25, 0.3) is 0 Å². The summed E-state index contributed by atoms with van der Waals surface area (Å²) in [5.74, 6) is 2.10. The quantitative estimate of drug-likeness (QED) is 0.539. The summed E-state index contributed by atoms with van der Waals surface area (Å²) < 4.78 is 0. The zero-order chi connectivity index (χ0) is 7.47. The SMILES string of the molecule is C=C1CC1CCC1CC12CC2. The molecule has 0 heteroatoms. The minimum absolute atomic E-state index is 0.941. The molecule has 1 spiro atoms. The first-order valence-corrected chi connectivity index (χ1v) is 4.98. The van der Waals surface area contributed by atoms with Gasteiger partial charge in [0.05, 0.1) is 0 Å². The average Bonchev–Trinajstić information content (AvgIpc) is 2.78. The summed E-state index contributed by atoms with van der Waals surface area (Å²) in [6.07, 6.45) is 9.02. The van der Waals surface area contributed by atoms with E-state index in [9.17, 15) is 0 Å². The highest BCUT2D eigenvalue weighted by molar-refractivity contribution is 5.19. The van der Waals surface area contributed by atoms with Gasteiger partial charge in [-0.1, -0.05) is 12.2 Å². The summed E-state index contributed by atoms with van der Waals surface area (Å²) in [6, 6.07) is 0. The average molecular weight is 148 g/mol. The lowest BCUT2D eigenvalue weighted by Gasteiger charge is -1.94. The fourth-order valence-electron chi connectivity index (χ4n) is 2.58. The maximum absolute atomic E-state index is 4.00. The molecule has 0 radical (unpaired) electrons. The van der Waals surface area contributed by atoms with Crippen LogP contribution in [0, 0.1) is 17.3 Å². The number of allylic oxidation sites excluding steroid dienone is 1. The van der Waals surface area contributed by atoms with Gasteiger partial charge in [-0.3, -0.25) is 0 Å². The Bertz CT molecular complexity index is 210. The van der Waals surface area contributed by atoms with Gasteiger partial charge in [0, 0.05) is 0 Å². The molecule has 3 aliphatic carbocycles. The normalized spacial score (nSPS) is 42.7. The topological polar surface area (TPSA) is 0 Å². The van der Waals surface area contributed by atoms with E-state index in [-0.39, 0.29) is 0 Å². The third-order valence-electron chi connectivity index (χ3n) is 4.04. The molecule has 3 saturated carbocycles. The summed E-state index contributed by atoms with van der Waals surface area (Å²) in [7, 11) is 0. The minimum atomic E-state index is 0.941. The van der Waals surface area contributed by atoms with Crippen LogP contribution >= 0.6 is 0 Å². The van der Waals surface area contributed by atoms with Crippen molar-refractivity contribution in [3.63, 3.8) is 0 Å². The molecule has 11 heavy (non-hydrogen) atoms. The van der Waals surface area contributed by atoms with Gasteiger partial charge in [-0.05, 0) is 55.8 Å². The van der Waals surface area contributed by atoms with Crippen molar-refractivity contribution in [3.05, 3.63) is 12.2 Å². The highest BCUT2D eigenvalue weighted by Crippen LogP contribution is 2.72. The van der Waals surface area contributed by atoms with E-state index in [4.69, 9.17) is 0 Å². The number of hydrogen-bond acceptors (Lipinski definition) is 0. The van der Waals surface area contributed by atoms with E-state index in [1.54, 1.807) is 19.3 Å². The molecule has 0 heterocycles. The highest BCUT2D eigenvalue weighted by Gasteiger charge is 2.61. The lowest BCUT2D eigenvalue weighted by Crippen LogP contribution is -1.83. The van der Waals surface area contributed by atoms with E-state index in [2.05, 4.69) is 6.58 Å². The van der Waals surface area contributed by atoms with Crippen LogP contribution in [0.4, 0.5) is 0 Å². The minimum Gasteiger partial charge on any atom is -0.0995 e. The van der Waals surface area contributed by atoms with Crippen molar-refractivity contribution in [1.29, 1.82) is 0 Å². The predicted octanol–water partition coefficient (Wildman–Crippen LogP) is 3.14. The Hall–Kier alpha value is -0.260. The van der Waals surface area contributed by atoms with Crippen LogP contribution in [-0.2, 0) is 0 Å². The van der Waals surface area contributed by atoms with Crippen molar-refractivity contribution in [2.45, 2.75) is 38.5 Å². The second-order valence-corrected chi connectivity index (χ2v) is 4.90. The van der Waals surface area contributed by atoms with Crippen molar-refractivity contribution in [2.75, 3.05) is 0 Å². The van der Waals surface area contributed by atoms with E-state index in [1.165, 1.54) is 24.8 Å². The molecule has 0 aromatic rings. The Morgan fingerprint density at radius 2 is 2.09 bits per heavy atom. The van der Waals surface area contributed by atoms with Crippen molar-refractivity contribution in [2.24, 2.45) is 17.3 Å². The fraction of sp³-hybridized carbons (Fsp3) is 0.818. The molecule has 0 N–H and O–H groups in total. The van der Waals surface area contributed by atoms with Crippen LogP contribution in [0.3, 0.4) is 0 Å². The monoisotopic (exact) mass is 148 g/mol. The summed E-state index contributed by atoms with van der Waals surface area (Å²) in [4.78, 5) is 0. The van der Waals surface area contributed by atoms with Crippen LogP contribution in [0.15, 0.2) is 12.2 Å². The highest BCUT2D eigenvalue weighted by atomic mass is 14.7. The smallest absolute Gasteiger partial charge is 0.0168 e. The van der Waals surface area contributed by atoms with Crippen molar-refractivity contribution >= 4 is 0 Å². The lowest BCUT2D eigenvalue weighted by atomic mass is 10.1. The second-order valence-electron chi connectivity index (χ2n) is 4.90. The first-order chi connectivity index (χ1) is 5.30. The molecule has 0 amide bonds. The lowest BCUT2D eigenvalue weighted by molar-refractivity contribution is 0.581. The molecule has 2 unspecified atom stereocenters. The Kier molecular flexibility index (Phi) is 0.987. The van der Waals surface area contributed by atoms with Gasteiger partial charge in [0.2, 0.25) is 0 Å². The molecule has 0 aromatic heterocycles. The van der Waals surface area contributed by atoms with E-state index < -0.39 is 0 Å². The van der Waals surface area contributed by atoms with Crippen LogP contribution in [0.2, 0.25) is 0 Å². The van der Waals surface area contributed by atoms with Crippen molar-refractivity contribution in [1.82, 2.24) is 0 Å². The van der Waals surface area contributed by atoms with Gasteiger partial charge < -0.3 is 0 Å². The van der Waals surface area contributed by atoms with E-state index in [0.717, 1.165) is 17.3 Å². The first-order valence-electron chi connectivity index (χ1n) is 4.98. The second kappa shape index (κ2) is 1.73. The van der Waals surface area contributed by atoms with E-state index >= 15 is 0 Å². The first kappa shape index (κ1) is 6.28. The Morgan fingerprint density at radius 3 is 2.55 bits per heavy atom. The molecule has 3 rings (SSSR count). The number of rotatable bonds is 3. The maximum atomic E-state index is 4.00. The van der Waals surface area contributed by atoms with Crippen molar-refractivity contribution < 1.29 is 0 Å². The Balaban J connectivity index is 1.44. The molecule has 0 bridgehead atoms. The Labute approximate surface area is 68.7 Å². The third-order valence-corrected chi connectivity index (χ3v) is 4.04. The molecule has 2 atom stereocenters. The van der Waals surface area contributed by atoms with Gasteiger partial charge in [0.1, 0.15) is 0 Å². The molecule has 3 aliphatic rings. The standard InChI is InChI=1S/C11H16/c1-8-6-9(8)2-3-10-7-11(10)4-5-11/h9-10H,1-7H2. The number of hydrogen-bond donors (Lipinski definition) is 0. The largest absolute Gasteiger partial charge is 0.0995 e. The van der Waals surface area contributed by atoms with Gasteiger partial charge in [0.15, 0.2) is 0 Å². The third kappa shape index (κ3) is 0.953. The van der Waals surface area contributed by atoms with E-state index in [0.29, 0.717) is 0 Å². The summed E-state index contributed by atoms with van der Waals surface area (Å²) in [5.41, 5.74) is 2.46. The molecule has 3 fully saturated rings. The maximum Gasteiger partial charge on any atom is -0.0168 e. The van der Waals surface area contributed by atoms with E-state index in [1.807, 2.05) is 0 Å². The summed E-state index contributed by atoms with van der Waals surface area (Å²) in [6.45, 7) is 4.00. The molecular weight excluding hydrogens is 132 g/mol. The molecule has 0 aromatic carbocycles. The van der Waals surface area contributed by atoms with Crippen molar-refractivity contribution in [3.8, 4) is 0 Å². The predicted molar refractivity (Wildman–Crippen MR) is 46.3 cm³/mol. The van der Waals surface area contributed by atoms with Crippen LogP contribution in [0.5, 0.6) is 0 Å². The zero-order valence-corrected chi connectivity index (χ0v) is 7.10. The van der Waals surface area contributed by atoms with Crippen LogP contribution in [0.1, 0.15) is 38.5 Å². The molecule has 0 nitrogen and oxygen atoms in total. The van der Waals surface area contributed by atoms with Gasteiger partial charge in [-0.2, -0.15) is 0 Å². The van der Waals surface area contributed by atoms with Crippen LogP contribution < -0.4 is 0 Å². The molecule has 60 valence electrons. The summed E-state index contributed by atoms with van der Waals surface area (Å²) in [5, 5.41) is 0. The van der Waals surface area contributed by atoms with Gasteiger partial charge in [-0.15, -0.1) is 0 Å². The van der Waals surface area contributed by atoms with Gasteiger partial charge in [-0.25, -0.2) is 0 Å². The molecule has 0 aliphatic heterocycles. The van der Waals surface area contributed by atoms with Gasteiger partial charge >= 0.3 is 0 Å². The zero-order valence-electron chi connectivity index (χ0n) is 7.10. The van der Waals surface area contributed by atoms with Gasteiger partial charge in [0.25, 0.3) is 0 Å². The molecule has 0 saturated heterocycles. The Morgan fingerprint density at radius 1 is 1.36 bits per heavy atom. The molecular formula is C11H16. The fourth-order valence-corrected chi connectivity index (χ4v) is 2.58. The van der Waals surface area contributed by atoms with Crippen LogP contribution in [-0.4, -0.2) is 0 Å².